The number of carbonyl (C=O) groups excluding carboxylic acids is 2. The maximum Gasteiger partial charge on any atom is 0.270 e. The minimum Gasteiger partial charge on any atom is -0.494 e. The van der Waals surface area contributed by atoms with Crippen LogP contribution in [0.1, 0.15) is 18.4 Å². The van der Waals surface area contributed by atoms with E-state index in [4.69, 9.17) is 4.74 Å². The van der Waals surface area contributed by atoms with Crippen LogP contribution in [-0.2, 0) is 16.1 Å². The molecule has 2 amide bonds. The van der Waals surface area contributed by atoms with Gasteiger partial charge in [-0.15, -0.1) is 0 Å². The first-order valence-electron chi connectivity index (χ1n) is 6.84. The van der Waals surface area contributed by atoms with Crippen molar-refractivity contribution in [2.75, 3.05) is 21.2 Å². The molecule has 0 spiro atoms. The highest BCUT2D eigenvalue weighted by molar-refractivity contribution is 6.39. The number of hydrazone groups is 1. The molecule has 1 aliphatic heterocycles. The van der Waals surface area contributed by atoms with Gasteiger partial charge in [-0.1, -0.05) is 6.07 Å². The Bertz CT molecular complexity index is 630. The number of ether oxygens (including phenoxy) is 1. The van der Waals surface area contributed by atoms with Gasteiger partial charge in [0.05, 0.1) is 7.11 Å². The van der Waals surface area contributed by atoms with E-state index >= 15 is 0 Å². The fourth-order valence-electron chi connectivity index (χ4n) is 2.20. The summed E-state index contributed by atoms with van der Waals surface area (Å²) >= 11 is 0. The molecule has 0 fully saturated rings. The average Bonchev–Trinajstić information content (AvgIpc) is 2.49. The lowest BCUT2D eigenvalue weighted by Crippen LogP contribution is -2.38. The average molecular weight is 307 g/mol. The molecule has 6 nitrogen and oxygen atoms in total. The molecule has 0 saturated heterocycles. The molecule has 1 aromatic carbocycles. The van der Waals surface area contributed by atoms with Crippen molar-refractivity contribution < 1.29 is 18.7 Å². The van der Waals surface area contributed by atoms with Crippen LogP contribution in [0.15, 0.2) is 23.3 Å². The van der Waals surface area contributed by atoms with E-state index in [1.807, 2.05) is 0 Å². The summed E-state index contributed by atoms with van der Waals surface area (Å²) in [6.07, 6.45) is 0.593. The van der Waals surface area contributed by atoms with Gasteiger partial charge in [0.1, 0.15) is 5.71 Å². The van der Waals surface area contributed by atoms with Gasteiger partial charge in [-0.3, -0.25) is 9.59 Å². The molecule has 1 heterocycles. The molecule has 1 aromatic rings. The minimum atomic E-state index is -0.471. The van der Waals surface area contributed by atoms with Crippen LogP contribution in [0.25, 0.3) is 0 Å². The highest BCUT2D eigenvalue weighted by Gasteiger charge is 2.24. The zero-order chi connectivity index (χ0) is 16.3. The predicted octanol–water partition coefficient (Wildman–Crippen LogP) is 1.40. The molecule has 1 aliphatic rings. The fourth-order valence-corrected chi connectivity index (χ4v) is 2.20. The van der Waals surface area contributed by atoms with Gasteiger partial charge in [0.2, 0.25) is 5.91 Å². The van der Waals surface area contributed by atoms with Gasteiger partial charge in [0.15, 0.2) is 11.6 Å². The molecule has 0 atom stereocenters. The molecule has 7 heteroatoms. The van der Waals surface area contributed by atoms with Gasteiger partial charge in [0, 0.05) is 33.5 Å². The summed E-state index contributed by atoms with van der Waals surface area (Å²) in [6, 6.07) is 4.55. The van der Waals surface area contributed by atoms with E-state index < -0.39 is 5.82 Å². The molecular weight excluding hydrogens is 289 g/mol. The highest BCUT2D eigenvalue weighted by atomic mass is 19.1. The Hall–Kier alpha value is -2.44. The van der Waals surface area contributed by atoms with Crippen LogP contribution in [0.4, 0.5) is 4.39 Å². The second-order valence-electron chi connectivity index (χ2n) is 5.09. The van der Waals surface area contributed by atoms with Gasteiger partial charge >= 0.3 is 0 Å². The summed E-state index contributed by atoms with van der Waals surface area (Å²) in [4.78, 5) is 25.1. The van der Waals surface area contributed by atoms with Gasteiger partial charge in [-0.2, -0.15) is 5.10 Å². The van der Waals surface area contributed by atoms with Gasteiger partial charge in [-0.05, 0) is 17.7 Å². The molecule has 0 radical (unpaired) electrons. The second-order valence-corrected chi connectivity index (χ2v) is 5.09. The highest BCUT2D eigenvalue weighted by Crippen LogP contribution is 2.19. The first-order valence-corrected chi connectivity index (χ1v) is 6.84. The van der Waals surface area contributed by atoms with Crippen LogP contribution in [0.3, 0.4) is 0 Å². The fraction of sp³-hybridized carbons (Fsp3) is 0.400. The Labute approximate surface area is 128 Å². The van der Waals surface area contributed by atoms with Crippen molar-refractivity contribution in [1.82, 2.24) is 9.91 Å². The topological polar surface area (TPSA) is 62.2 Å². The van der Waals surface area contributed by atoms with Crippen LogP contribution < -0.4 is 4.74 Å². The second kappa shape index (κ2) is 6.55. The molecule has 0 aliphatic carbocycles. The normalized spacial score (nSPS) is 14.6. The summed E-state index contributed by atoms with van der Waals surface area (Å²) in [5.41, 5.74) is 0.980. The zero-order valence-electron chi connectivity index (χ0n) is 12.8. The lowest BCUT2D eigenvalue weighted by atomic mass is 10.1. The number of rotatable bonds is 4. The van der Waals surface area contributed by atoms with E-state index in [1.54, 1.807) is 13.1 Å². The van der Waals surface area contributed by atoms with Crippen molar-refractivity contribution >= 4 is 17.5 Å². The minimum absolute atomic E-state index is 0.114. The largest absolute Gasteiger partial charge is 0.494 e. The smallest absolute Gasteiger partial charge is 0.270 e. The van der Waals surface area contributed by atoms with Crippen LogP contribution >= 0.6 is 0 Å². The Morgan fingerprint density at radius 1 is 1.45 bits per heavy atom. The van der Waals surface area contributed by atoms with Crippen molar-refractivity contribution in [3.63, 3.8) is 0 Å². The predicted molar refractivity (Wildman–Crippen MR) is 78.9 cm³/mol. The summed E-state index contributed by atoms with van der Waals surface area (Å²) in [5, 5.41) is 5.16. The van der Waals surface area contributed by atoms with Crippen LogP contribution in [0, 0.1) is 5.82 Å². The van der Waals surface area contributed by atoms with E-state index in [0.717, 1.165) is 0 Å². The summed E-state index contributed by atoms with van der Waals surface area (Å²) in [5.74, 6) is -0.692. The van der Waals surface area contributed by atoms with E-state index in [-0.39, 0.29) is 30.5 Å². The van der Waals surface area contributed by atoms with E-state index in [1.165, 1.54) is 36.2 Å². The first-order chi connectivity index (χ1) is 10.4. The van der Waals surface area contributed by atoms with Gasteiger partial charge in [0.25, 0.3) is 5.91 Å². The third kappa shape index (κ3) is 3.41. The summed E-state index contributed by atoms with van der Waals surface area (Å²) < 4.78 is 18.5. The Morgan fingerprint density at radius 3 is 2.77 bits per heavy atom. The number of hydrogen-bond acceptors (Lipinski definition) is 4. The lowest BCUT2D eigenvalue weighted by Gasteiger charge is -2.23. The van der Waals surface area contributed by atoms with Gasteiger partial charge in [-0.25, -0.2) is 9.40 Å². The van der Waals surface area contributed by atoms with Gasteiger partial charge < -0.3 is 9.64 Å². The number of methoxy groups -OCH3 is 1. The number of halogens is 1. The first kappa shape index (κ1) is 15.9. The molecular formula is C15H18FN3O3. The van der Waals surface area contributed by atoms with Crippen molar-refractivity contribution in [2.24, 2.45) is 5.10 Å². The molecule has 22 heavy (non-hydrogen) atoms. The maximum absolute atomic E-state index is 13.7. The Morgan fingerprint density at radius 2 is 2.18 bits per heavy atom. The van der Waals surface area contributed by atoms with E-state index in [2.05, 4.69) is 5.10 Å². The van der Waals surface area contributed by atoms with Crippen LogP contribution in [0.5, 0.6) is 5.75 Å². The van der Waals surface area contributed by atoms with Crippen LogP contribution in [-0.4, -0.2) is 48.6 Å². The number of benzene rings is 1. The number of carbonyl (C=O) groups is 2. The summed E-state index contributed by atoms with van der Waals surface area (Å²) in [7, 11) is 4.53. The zero-order valence-corrected chi connectivity index (χ0v) is 12.8. The summed E-state index contributed by atoms with van der Waals surface area (Å²) in [6.45, 7) is 0.246. The third-order valence-corrected chi connectivity index (χ3v) is 3.44. The number of nitrogens with zero attached hydrogens (tertiary/aromatic N) is 3. The Balaban J connectivity index is 2.07. The number of hydrogen-bond donors (Lipinski definition) is 0. The molecule has 0 bridgehead atoms. The molecule has 0 N–H and O–H groups in total. The molecule has 118 valence electrons. The molecule has 0 unspecified atom stereocenters. The standard InChI is InChI=1S/C15H18FN3O3/c1-18(9-10-4-6-13(22-3)11(16)8-10)15(21)12-5-7-14(20)19(2)17-12/h4,6,8H,5,7,9H2,1-3H3. The molecule has 0 aromatic heterocycles. The van der Waals surface area contributed by atoms with Crippen molar-refractivity contribution in [1.29, 1.82) is 0 Å². The third-order valence-electron chi connectivity index (χ3n) is 3.44. The van der Waals surface area contributed by atoms with Crippen molar-refractivity contribution in [3.8, 4) is 5.75 Å². The molecule has 0 saturated carbocycles. The lowest BCUT2D eigenvalue weighted by molar-refractivity contribution is -0.130. The quantitative estimate of drug-likeness (QED) is 0.845. The Kier molecular flexibility index (Phi) is 4.75. The number of amides is 2. The van der Waals surface area contributed by atoms with Crippen molar-refractivity contribution in [2.45, 2.75) is 19.4 Å². The van der Waals surface area contributed by atoms with E-state index in [0.29, 0.717) is 17.7 Å². The van der Waals surface area contributed by atoms with Crippen molar-refractivity contribution in [3.05, 3.63) is 29.6 Å². The van der Waals surface area contributed by atoms with E-state index in [9.17, 15) is 14.0 Å². The molecule has 2 rings (SSSR count). The maximum atomic E-state index is 13.7. The SMILES string of the molecule is COc1ccc(CN(C)C(=O)C2=NN(C)C(=O)CC2)cc1F. The monoisotopic (exact) mass is 307 g/mol. The van der Waals surface area contributed by atoms with Crippen LogP contribution in [0.2, 0.25) is 0 Å².